The summed E-state index contributed by atoms with van der Waals surface area (Å²) in [7, 11) is 0. The number of aliphatic carboxylic acids is 1. The van der Waals surface area contributed by atoms with Crippen molar-refractivity contribution in [2.24, 2.45) is 0 Å². The summed E-state index contributed by atoms with van der Waals surface area (Å²) < 4.78 is 6.45. The van der Waals surface area contributed by atoms with Crippen molar-refractivity contribution < 1.29 is 24.2 Å². The fourth-order valence-electron chi connectivity index (χ4n) is 2.33. The van der Waals surface area contributed by atoms with Crippen LogP contribution in [-0.2, 0) is 14.3 Å². The molecule has 9 heteroatoms. The molecule has 2 aromatic rings. The number of nitrogens with zero attached hydrogens (tertiary/aromatic N) is 3. The zero-order chi connectivity index (χ0) is 19.3. The van der Waals surface area contributed by atoms with Crippen LogP contribution in [0, 0.1) is 13.8 Å². The molecule has 0 aliphatic carbocycles. The Morgan fingerprint density at radius 2 is 2.04 bits per heavy atom. The molecule has 0 atom stereocenters. The molecule has 0 spiro atoms. The Bertz CT molecular complexity index is 885. The van der Waals surface area contributed by atoms with Crippen LogP contribution in [0.2, 0.25) is 0 Å². The van der Waals surface area contributed by atoms with Crippen molar-refractivity contribution in [3.63, 3.8) is 0 Å². The summed E-state index contributed by atoms with van der Waals surface area (Å²) >= 11 is 0. The Kier molecular flexibility index (Phi) is 5.84. The lowest BCUT2D eigenvalue weighted by Gasteiger charge is -2.10. The van der Waals surface area contributed by atoms with Crippen LogP contribution in [0.1, 0.15) is 28.7 Å². The zero-order valence-corrected chi connectivity index (χ0v) is 14.5. The second-order valence-electron chi connectivity index (χ2n) is 5.19. The van der Waals surface area contributed by atoms with Crippen molar-refractivity contribution in [1.29, 1.82) is 0 Å². The van der Waals surface area contributed by atoms with E-state index in [1.165, 1.54) is 10.9 Å². The number of hydrogen-bond acceptors (Lipinski definition) is 7. The van der Waals surface area contributed by atoms with Crippen molar-refractivity contribution in [3.05, 3.63) is 47.4 Å². The van der Waals surface area contributed by atoms with E-state index >= 15 is 0 Å². The number of aromatic nitrogens is 3. The quantitative estimate of drug-likeness (QED) is 0.582. The maximum atomic E-state index is 12.1. The van der Waals surface area contributed by atoms with Gasteiger partial charge in [0, 0.05) is 12.3 Å². The van der Waals surface area contributed by atoms with Gasteiger partial charge in [-0.05, 0) is 39.0 Å². The van der Waals surface area contributed by atoms with Crippen LogP contribution < -0.4 is 10.4 Å². The summed E-state index contributed by atoms with van der Waals surface area (Å²) in [5.74, 6) is -2.37. The first-order chi connectivity index (χ1) is 12.3. The van der Waals surface area contributed by atoms with Crippen LogP contribution in [0.3, 0.4) is 0 Å². The highest BCUT2D eigenvalue weighted by Gasteiger charge is 2.22. The molecule has 0 radical (unpaired) electrons. The van der Waals surface area contributed by atoms with Gasteiger partial charge in [0.05, 0.1) is 29.7 Å². The Hall–Kier alpha value is -3.49. The lowest BCUT2D eigenvalue weighted by molar-refractivity contribution is -0.297. The van der Waals surface area contributed by atoms with E-state index in [1.807, 2.05) is 0 Å². The topological polar surface area (TPSA) is 126 Å². The third-order valence-electron chi connectivity index (χ3n) is 3.39. The average molecular weight is 357 g/mol. The molecule has 1 amide bonds. The maximum Gasteiger partial charge on any atom is 0.341 e. The fourth-order valence-corrected chi connectivity index (χ4v) is 2.33. The smallest absolute Gasteiger partial charge is 0.341 e. The van der Waals surface area contributed by atoms with Gasteiger partial charge in [0.2, 0.25) is 5.91 Å². The molecule has 0 unspecified atom stereocenters. The monoisotopic (exact) mass is 357 g/mol. The van der Waals surface area contributed by atoms with Gasteiger partial charge in [-0.1, -0.05) is 0 Å². The molecule has 0 bridgehead atoms. The minimum Gasteiger partial charge on any atom is -0.545 e. The van der Waals surface area contributed by atoms with E-state index in [1.54, 1.807) is 32.9 Å². The Morgan fingerprint density at radius 1 is 1.31 bits per heavy atom. The van der Waals surface area contributed by atoms with Crippen LogP contribution in [0.4, 0.5) is 5.69 Å². The van der Waals surface area contributed by atoms with E-state index in [0.29, 0.717) is 28.7 Å². The van der Waals surface area contributed by atoms with Crippen molar-refractivity contribution in [2.45, 2.75) is 20.8 Å². The minimum absolute atomic E-state index is 0.235. The van der Waals surface area contributed by atoms with Crippen molar-refractivity contribution >= 4 is 23.5 Å². The first kappa shape index (κ1) is 18.8. The second kappa shape index (κ2) is 8.06. The third-order valence-corrected chi connectivity index (χ3v) is 3.39. The molecule has 2 rings (SSSR count). The fraction of sp³-hybridized carbons (Fsp3) is 0.235. The molecule has 2 heterocycles. The number of nitrogens with one attached hydrogen (secondary N) is 1. The summed E-state index contributed by atoms with van der Waals surface area (Å²) in [5.41, 5.74) is 1.58. The van der Waals surface area contributed by atoms with Crippen molar-refractivity contribution in [3.8, 4) is 5.82 Å². The first-order valence-corrected chi connectivity index (χ1v) is 7.74. The minimum atomic E-state index is -1.48. The predicted molar refractivity (Wildman–Crippen MR) is 89.6 cm³/mol. The van der Waals surface area contributed by atoms with Crippen LogP contribution >= 0.6 is 0 Å². The van der Waals surface area contributed by atoms with E-state index in [0.717, 1.165) is 6.08 Å². The number of rotatable bonds is 6. The number of pyridine rings is 1. The molecule has 0 aliphatic rings. The highest BCUT2D eigenvalue weighted by Crippen LogP contribution is 2.22. The number of hydrogen-bond donors (Lipinski definition) is 1. The molecule has 26 heavy (non-hydrogen) atoms. The third kappa shape index (κ3) is 4.12. The highest BCUT2D eigenvalue weighted by molar-refractivity contribution is 6.03. The van der Waals surface area contributed by atoms with Crippen LogP contribution in [0.15, 0.2) is 30.5 Å². The molecular weight excluding hydrogens is 340 g/mol. The van der Waals surface area contributed by atoms with Gasteiger partial charge in [-0.25, -0.2) is 14.5 Å². The molecule has 2 aromatic heterocycles. The highest BCUT2D eigenvalue weighted by atomic mass is 16.5. The average Bonchev–Trinajstić information content (AvgIpc) is 2.88. The summed E-state index contributed by atoms with van der Waals surface area (Å²) in [5, 5.41) is 17.2. The second-order valence-corrected chi connectivity index (χ2v) is 5.19. The van der Waals surface area contributed by atoms with E-state index in [-0.39, 0.29) is 12.4 Å². The molecular formula is C17H17N4O5-. The molecule has 0 fully saturated rings. The number of anilines is 1. The van der Waals surface area contributed by atoms with Gasteiger partial charge in [0.25, 0.3) is 0 Å². The normalized spacial score (nSPS) is 10.7. The van der Waals surface area contributed by atoms with Gasteiger partial charge in [-0.3, -0.25) is 4.79 Å². The van der Waals surface area contributed by atoms with Gasteiger partial charge in [0.1, 0.15) is 5.56 Å². The predicted octanol–water partition coefficient (Wildman–Crippen LogP) is 0.305. The van der Waals surface area contributed by atoms with Gasteiger partial charge >= 0.3 is 5.97 Å². The molecule has 1 N–H and O–H groups in total. The summed E-state index contributed by atoms with van der Waals surface area (Å²) in [6, 6.07) is 3.17. The molecule has 0 saturated carbocycles. The van der Waals surface area contributed by atoms with Gasteiger partial charge in [0.15, 0.2) is 5.82 Å². The van der Waals surface area contributed by atoms with Crippen molar-refractivity contribution in [2.75, 3.05) is 11.9 Å². The SMILES string of the molecule is CCOC(=O)c1c(C)nn(-c2ncccc2NC(=O)/C=C/C(=O)[O-])c1C. The maximum absolute atomic E-state index is 12.1. The zero-order valence-electron chi connectivity index (χ0n) is 14.5. The molecule has 0 aliphatic heterocycles. The lowest BCUT2D eigenvalue weighted by Crippen LogP contribution is -2.20. The van der Waals surface area contributed by atoms with Crippen LogP contribution in [-0.4, -0.2) is 39.2 Å². The van der Waals surface area contributed by atoms with E-state index in [2.05, 4.69) is 15.4 Å². The number of carbonyl (C=O) groups excluding carboxylic acids is 3. The largest absolute Gasteiger partial charge is 0.545 e. The van der Waals surface area contributed by atoms with Gasteiger partial charge in [-0.15, -0.1) is 0 Å². The van der Waals surface area contributed by atoms with Crippen LogP contribution in [0.25, 0.3) is 5.82 Å². The number of carbonyl (C=O) groups is 3. The lowest BCUT2D eigenvalue weighted by atomic mass is 10.2. The van der Waals surface area contributed by atoms with E-state index in [9.17, 15) is 19.5 Å². The van der Waals surface area contributed by atoms with Gasteiger partial charge in [-0.2, -0.15) is 5.10 Å². The number of amides is 1. The number of esters is 1. The first-order valence-electron chi connectivity index (χ1n) is 7.74. The number of aryl methyl sites for hydroxylation is 1. The van der Waals surface area contributed by atoms with E-state index in [4.69, 9.17) is 4.74 Å². The number of carboxylic acids is 1. The molecule has 0 aromatic carbocycles. The Labute approximate surface area is 149 Å². The Balaban J connectivity index is 2.42. The number of carboxylic acid groups (broad SMARTS) is 1. The molecule has 0 saturated heterocycles. The van der Waals surface area contributed by atoms with Gasteiger partial charge < -0.3 is 20.0 Å². The molecule has 136 valence electrons. The standard InChI is InChI=1S/C17H18N4O5/c1-4-26-17(25)15-10(2)20-21(11(15)3)16-12(6-5-9-18-16)19-13(22)7-8-14(23)24/h5-9H,4H2,1-3H3,(H,19,22)(H,23,24)/p-1/b8-7+. The summed E-state index contributed by atoms with van der Waals surface area (Å²) in [6.45, 7) is 5.29. The van der Waals surface area contributed by atoms with Crippen molar-refractivity contribution in [1.82, 2.24) is 14.8 Å². The summed E-state index contributed by atoms with van der Waals surface area (Å²) in [6.07, 6.45) is 2.95. The van der Waals surface area contributed by atoms with Crippen LogP contribution in [0.5, 0.6) is 0 Å². The number of ether oxygens (including phenoxy) is 1. The molecule has 9 nitrogen and oxygen atoms in total. The van der Waals surface area contributed by atoms with E-state index < -0.39 is 17.8 Å². The Morgan fingerprint density at radius 3 is 2.69 bits per heavy atom. The summed E-state index contributed by atoms with van der Waals surface area (Å²) in [4.78, 5) is 38.5.